The molecule has 0 N–H and O–H groups in total. The van der Waals surface area contributed by atoms with Crippen LogP contribution in [0.5, 0.6) is 34.8 Å². The van der Waals surface area contributed by atoms with Crippen LogP contribution >= 0.6 is 0 Å². The molecule has 4 fully saturated rings. The number of piperidine rings is 1. The average Bonchev–Trinajstić information content (AvgIpc) is 0.749. The van der Waals surface area contributed by atoms with Gasteiger partial charge in [-0.1, -0.05) is 96.1 Å². The Morgan fingerprint density at radius 2 is 0.871 bits per heavy atom. The zero-order valence-electron chi connectivity index (χ0n) is 63.4. The van der Waals surface area contributed by atoms with Gasteiger partial charge in [-0.2, -0.15) is 0 Å². The lowest BCUT2D eigenvalue weighted by Gasteiger charge is -2.57. The highest BCUT2D eigenvalue weighted by molar-refractivity contribution is 5.78. The lowest BCUT2D eigenvalue weighted by Crippen LogP contribution is -2.51. The number of rotatable bonds is 33. The van der Waals surface area contributed by atoms with Crippen LogP contribution in [-0.4, -0.2) is 182 Å². The van der Waals surface area contributed by atoms with E-state index >= 15 is 0 Å². The molecule has 3 aromatic carbocycles. The predicted octanol–water partition coefficient (Wildman–Crippen LogP) is 14.5. The second kappa shape index (κ2) is 58.2. The van der Waals surface area contributed by atoms with Crippen molar-refractivity contribution >= 4 is 34.7 Å². The van der Waals surface area contributed by atoms with Gasteiger partial charge in [-0.05, 0) is 197 Å². The molecular formula is C80H121N3O18. The Hall–Kier alpha value is -7.34. The van der Waals surface area contributed by atoms with E-state index in [0.717, 1.165) is 74.8 Å². The molecule has 3 heterocycles. The largest absolute Gasteiger partial charge is 0.491 e. The monoisotopic (exact) mass is 1410 g/mol. The molecule has 1 spiro atoms. The van der Waals surface area contributed by atoms with Crippen LogP contribution in [0, 0.1) is 17.3 Å². The van der Waals surface area contributed by atoms with Crippen LogP contribution in [0.4, 0.5) is 0 Å². The van der Waals surface area contributed by atoms with E-state index in [2.05, 4.69) is 21.9 Å². The van der Waals surface area contributed by atoms with Gasteiger partial charge in [-0.15, -0.1) is 0 Å². The molecule has 21 heteroatoms. The molecule has 0 amide bonds. The van der Waals surface area contributed by atoms with Crippen molar-refractivity contribution in [3.63, 3.8) is 0 Å². The molecule has 0 atom stereocenters. The number of methoxy groups -OCH3 is 2. The van der Waals surface area contributed by atoms with Crippen molar-refractivity contribution in [3.05, 3.63) is 133 Å². The van der Waals surface area contributed by atoms with Gasteiger partial charge < -0.3 is 61.7 Å². The molecule has 3 aliphatic carbocycles. The number of aromatic nitrogens is 2. The van der Waals surface area contributed by atoms with Gasteiger partial charge in [-0.25, -0.2) is 9.97 Å². The first-order valence-corrected chi connectivity index (χ1v) is 35.7. The van der Waals surface area contributed by atoms with Crippen LogP contribution in [0.1, 0.15) is 153 Å². The summed E-state index contributed by atoms with van der Waals surface area (Å²) in [7, 11) is 5.70. The summed E-state index contributed by atoms with van der Waals surface area (Å²) in [5.41, 5.74) is 1.60. The van der Waals surface area contributed by atoms with Crippen molar-refractivity contribution in [3.8, 4) is 34.8 Å². The fourth-order valence-electron chi connectivity index (χ4n) is 10.3. The van der Waals surface area contributed by atoms with Crippen molar-refractivity contribution < 1.29 is 85.6 Å². The Bertz CT molecular complexity index is 2820. The molecule has 9 rings (SSSR count). The number of ketones is 6. The Morgan fingerprint density at radius 1 is 0.416 bits per heavy atom. The summed E-state index contributed by atoms with van der Waals surface area (Å²) in [6.07, 6.45) is 15.8. The maximum Gasteiger partial charge on any atom is 0.213 e. The number of pyridine rings is 2. The van der Waals surface area contributed by atoms with E-state index < -0.39 is 0 Å². The first-order chi connectivity index (χ1) is 48.8. The number of para-hydroxylation sites is 2. The van der Waals surface area contributed by atoms with Crippen LogP contribution in [0.3, 0.4) is 0 Å². The van der Waals surface area contributed by atoms with E-state index in [1.807, 2.05) is 139 Å². The molecule has 2 aromatic heterocycles. The maximum atomic E-state index is 10.8. The number of benzene rings is 3. The summed E-state index contributed by atoms with van der Waals surface area (Å²) in [4.78, 5) is 74.3. The number of hydrogen-bond donors (Lipinski definition) is 0. The normalized spacial score (nSPS) is 17.6. The lowest BCUT2D eigenvalue weighted by molar-refractivity contribution is -0.141. The number of hydrogen-bond acceptors (Lipinski definition) is 21. The van der Waals surface area contributed by atoms with Crippen molar-refractivity contribution in [2.75, 3.05) is 114 Å². The van der Waals surface area contributed by atoms with Gasteiger partial charge in [0.05, 0.1) is 51.4 Å². The number of carbonyl (C=O) groups excluding carboxylic acids is 6. The second-order valence-corrected chi connectivity index (χ2v) is 24.2. The number of Topliss-reactive ketones (excluding diaryl/α,β-unsaturated/α-hetero) is 6. The molecule has 1 saturated heterocycles. The molecule has 0 unspecified atom stereocenters. The average molecular weight is 1410 g/mol. The number of nitrogens with zero attached hydrogens (tertiary/aromatic N) is 3. The second-order valence-electron chi connectivity index (χ2n) is 24.2. The third-order valence-electron chi connectivity index (χ3n) is 15.1. The zero-order valence-corrected chi connectivity index (χ0v) is 63.4. The van der Waals surface area contributed by atoms with Gasteiger partial charge in [0.2, 0.25) is 11.8 Å². The predicted molar refractivity (Wildman–Crippen MR) is 395 cm³/mol. The van der Waals surface area contributed by atoms with Crippen molar-refractivity contribution in [1.29, 1.82) is 0 Å². The summed E-state index contributed by atoms with van der Waals surface area (Å²) in [5.74, 6) is 5.80. The van der Waals surface area contributed by atoms with E-state index in [4.69, 9.17) is 56.8 Å². The molecule has 4 aliphatic rings. The molecule has 101 heavy (non-hydrogen) atoms. The molecule has 1 aliphatic heterocycles. The van der Waals surface area contributed by atoms with Crippen LogP contribution in [-0.2, 0) is 68.5 Å². The highest BCUT2D eigenvalue weighted by Crippen LogP contribution is 2.59. The van der Waals surface area contributed by atoms with Gasteiger partial charge in [0, 0.05) is 32.5 Å². The van der Waals surface area contributed by atoms with E-state index in [0.29, 0.717) is 80.0 Å². The summed E-state index contributed by atoms with van der Waals surface area (Å²) < 4.78 is 63.9. The van der Waals surface area contributed by atoms with Crippen LogP contribution in [0.15, 0.2) is 128 Å². The molecule has 3 saturated carbocycles. The highest BCUT2D eigenvalue weighted by atomic mass is 16.5. The van der Waals surface area contributed by atoms with Crippen LogP contribution < -0.4 is 23.7 Å². The smallest absolute Gasteiger partial charge is 0.213 e. The van der Waals surface area contributed by atoms with Crippen molar-refractivity contribution in [1.82, 2.24) is 14.9 Å². The molecule has 0 bridgehead atoms. The van der Waals surface area contributed by atoms with E-state index in [1.54, 1.807) is 58.7 Å². The minimum atomic E-state index is -0.0137. The minimum absolute atomic E-state index is 0.0137. The fourth-order valence-corrected chi connectivity index (χ4v) is 10.3. The van der Waals surface area contributed by atoms with Gasteiger partial charge in [-0.3, -0.25) is 28.8 Å². The molecular weight excluding hydrogens is 1290 g/mol. The summed E-state index contributed by atoms with van der Waals surface area (Å²) in [5, 5.41) is 0. The van der Waals surface area contributed by atoms with E-state index in [1.165, 1.54) is 66.2 Å². The maximum absolute atomic E-state index is 10.8. The Morgan fingerprint density at radius 3 is 1.36 bits per heavy atom. The van der Waals surface area contributed by atoms with Crippen LogP contribution in [0.25, 0.3) is 0 Å². The molecule has 564 valence electrons. The summed E-state index contributed by atoms with van der Waals surface area (Å²) in [6, 6.07) is 35.7. The lowest BCUT2D eigenvalue weighted by atomic mass is 9.51. The van der Waals surface area contributed by atoms with Crippen molar-refractivity contribution in [2.24, 2.45) is 17.3 Å². The van der Waals surface area contributed by atoms with E-state index in [-0.39, 0.29) is 80.4 Å². The Labute approximate surface area is 603 Å². The third-order valence-corrected chi connectivity index (χ3v) is 15.1. The SMILES string of the molecule is CC.CC.CC.CC(=O)COCC1CCN(C)CC1.CC(=O)COCCOc1ccccc1.CC(=O)COCCOc1ccccn1.CC(=O)COCc1ccc(Oc2ccccc2)cc1.COC1CC2(CC(COCC(C)=O)C2)C1.COC1CCC(Oc2ccc(OCC(C)=O)cn2)CC1. The van der Waals surface area contributed by atoms with Crippen molar-refractivity contribution in [2.45, 2.75) is 172 Å². The first kappa shape index (κ1) is 91.7. The van der Waals surface area contributed by atoms with Crippen LogP contribution in [0.2, 0.25) is 0 Å². The summed E-state index contributed by atoms with van der Waals surface area (Å²) in [6.45, 7) is 28.2. The van der Waals surface area contributed by atoms with Gasteiger partial charge in [0.15, 0.2) is 34.7 Å². The van der Waals surface area contributed by atoms with Gasteiger partial charge in [0.1, 0.15) is 82.0 Å². The quantitative estimate of drug-likeness (QED) is 0.0354. The standard InChI is InChI=1S/C16H16O3.C15H21NO4.C12H20O3.C11H14O3.C10H13NO3.C10H19NO2.3C2H6/c1-13(17)11-18-12-14-7-9-16(10-8-14)19-15-5-3-2-4-6-15;1-11(17)10-19-14-7-8-15(16-9-14)20-13-5-3-12(18-2)4-6-13;1-9(13)7-15-8-10-3-12(4-10)5-11(6-12)14-2;1-10(12)9-13-7-8-14-11-5-3-2-4-6-11;1-9(12)8-13-6-7-14-10-4-2-3-5-11-10;1-9(12)7-13-8-10-3-5-11(2)6-4-10;3*1-2/h2-10H,11-12H2,1H3;7-9,12-13H,3-6,10H2,1-2H3;10-11H,3-8H2,1-2H3;2-6H,7-9H2,1H3;2-5H,6-8H2,1H3;10H,3-8H2,1-2H3;3*1-2H3. The Kier molecular flexibility index (Phi) is 52.8. The third kappa shape index (κ3) is 46.7. The topological polar surface area (TPSA) is 242 Å². The fraction of sp³-hybridized carbons (Fsp3) is 0.575. The molecule has 5 aromatic rings. The number of carbonyl (C=O) groups is 6. The number of ether oxygens (including phenoxy) is 12. The van der Waals surface area contributed by atoms with E-state index in [9.17, 15) is 28.8 Å². The zero-order chi connectivity index (χ0) is 74.9. The highest BCUT2D eigenvalue weighted by Gasteiger charge is 2.52. The number of likely N-dealkylation sites (tertiary alicyclic amines) is 1. The van der Waals surface area contributed by atoms with Gasteiger partial charge >= 0.3 is 0 Å². The Balaban J connectivity index is 0.000000600. The van der Waals surface area contributed by atoms with Gasteiger partial charge in [0.25, 0.3) is 0 Å². The first-order valence-electron chi connectivity index (χ1n) is 35.7. The summed E-state index contributed by atoms with van der Waals surface area (Å²) >= 11 is 0. The molecule has 21 nitrogen and oxygen atoms in total. The minimum Gasteiger partial charge on any atom is -0.491 e. The molecule has 0 radical (unpaired) electrons.